The van der Waals surface area contributed by atoms with Crippen molar-refractivity contribution in [1.82, 2.24) is 5.32 Å². The van der Waals surface area contributed by atoms with Crippen LogP contribution in [0.5, 0.6) is 0 Å². The van der Waals surface area contributed by atoms with E-state index in [0.717, 1.165) is 57.8 Å². The number of hydrogen-bond acceptors (Lipinski definition) is 5. The van der Waals surface area contributed by atoms with Gasteiger partial charge in [0.05, 0.1) is 25.4 Å². The molecule has 2 unspecified atom stereocenters. The number of esters is 1. The van der Waals surface area contributed by atoms with E-state index in [2.05, 4.69) is 19.2 Å². The summed E-state index contributed by atoms with van der Waals surface area (Å²) in [6, 6.07) is -0.634. The molecule has 1 amide bonds. The molecule has 0 spiro atoms. The number of aliphatic hydroxyl groups excluding tert-OH is 2. The largest absolute Gasteiger partial charge is 0.466 e. The van der Waals surface area contributed by atoms with Gasteiger partial charge in [-0.2, -0.15) is 0 Å². The molecule has 2 atom stereocenters. The fourth-order valence-electron chi connectivity index (χ4n) is 8.40. The molecule has 0 aromatic heterocycles. The molecule has 60 heavy (non-hydrogen) atoms. The molecule has 0 heterocycles. The average molecular weight is 848 g/mol. The van der Waals surface area contributed by atoms with E-state index >= 15 is 0 Å². The SMILES string of the molecule is CCCCCCCCCCCCCC/C=C/C(O)C(CO)NC(=O)CCCCCCCCCCCCCCCCOC(=O)CCCCCCCCCCCCCCCCC. The van der Waals surface area contributed by atoms with Gasteiger partial charge in [0, 0.05) is 12.8 Å². The van der Waals surface area contributed by atoms with Crippen molar-refractivity contribution in [3.8, 4) is 0 Å². The molecule has 356 valence electrons. The number of amides is 1. The maximum Gasteiger partial charge on any atom is 0.305 e. The van der Waals surface area contributed by atoms with Crippen molar-refractivity contribution in [2.75, 3.05) is 13.2 Å². The minimum Gasteiger partial charge on any atom is -0.466 e. The summed E-state index contributed by atoms with van der Waals surface area (Å²) in [7, 11) is 0. The van der Waals surface area contributed by atoms with Gasteiger partial charge >= 0.3 is 5.97 Å². The molecule has 0 radical (unpaired) electrons. The van der Waals surface area contributed by atoms with Gasteiger partial charge < -0.3 is 20.3 Å². The van der Waals surface area contributed by atoms with Crippen LogP contribution in [0.3, 0.4) is 0 Å². The third-order valence-electron chi connectivity index (χ3n) is 12.6. The summed E-state index contributed by atoms with van der Waals surface area (Å²) in [6.07, 6.45) is 57.8. The minimum atomic E-state index is -0.849. The Hall–Kier alpha value is -1.40. The minimum absolute atomic E-state index is 0.000338. The lowest BCUT2D eigenvalue weighted by molar-refractivity contribution is -0.143. The van der Waals surface area contributed by atoms with E-state index in [1.54, 1.807) is 6.08 Å². The van der Waals surface area contributed by atoms with Crippen LogP contribution in [-0.2, 0) is 14.3 Å². The van der Waals surface area contributed by atoms with E-state index in [9.17, 15) is 19.8 Å². The molecule has 6 nitrogen and oxygen atoms in total. The summed E-state index contributed by atoms with van der Waals surface area (Å²) in [6.45, 7) is 4.89. The first-order valence-corrected chi connectivity index (χ1v) is 27.0. The number of unbranched alkanes of at least 4 members (excludes halogenated alkanes) is 39. The molecule has 3 N–H and O–H groups in total. The fraction of sp³-hybridized carbons (Fsp3) is 0.926. The molecular weight excluding hydrogens is 743 g/mol. The molecule has 0 aliphatic rings. The maximum atomic E-state index is 12.4. The number of aliphatic hydroxyl groups is 2. The highest BCUT2D eigenvalue weighted by Crippen LogP contribution is 2.17. The number of hydrogen-bond donors (Lipinski definition) is 3. The predicted molar refractivity (Wildman–Crippen MR) is 260 cm³/mol. The first kappa shape index (κ1) is 58.6. The molecule has 0 saturated carbocycles. The molecule has 0 aliphatic carbocycles. The number of carbonyl (C=O) groups is 2. The van der Waals surface area contributed by atoms with Crippen molar-refractivity contribution in [2.24, 2.45) is 0 Å². The summed E-state index contributed by atoms with van der Waals surface area (Å²) in [5.41, 5.74) is 0. The van der Waals surface area contributed by atoms with E-state index in [4.69, 9.17) is 4.74 Å². The zero-order valence-electron chi connectivity index (χ0n) is 40.5. The maximum absolute atomic E-state index is 12.4. The highest BCUT2D eigenvalue weighted by molar-refractivity contribution is 5.76. The number of nitrogens with one attached hydrogen (secondary N) is 1. The molecule has 0 aromatic carbocycles. The standard InChI is InChI=1S/C54H105NO5/c1-3-5-7-9-11-13-15-17-19-24-28-32-36-40-44-48-54(59)60-49-45-41-37-33-29-25-21-20-23-27-31-35-39-43-47-53(58)55-51(50-56)52(57)46-42-38-34-30-26-22-18-16-14-12-10-8-6-4-2/h42,46,51-52,56-57H,3-41,43-45,47-50H2,1-2H3,(H,55,58)/b46-42+. The summed E-state index contributed by atoms with van der Waals surface area (Å²) >= 11 is 0. The molecular formula is C54H105NO5. The Balaban J connectivity index is 3.45. The molecule has 0 aliphatic heterocycles. The van der Waals surface area contributed by atoms with Gasteiger partial charge in [-0.1, -0.05) is 264 Å². The molecule has 0 rings (SSSR count). The first-order valence-electron chi connectivity index (χ1n) is 27.0. The molecule has 0 aromatic rings. The fourth-order valence-corrected chi connectivity index (χ4v) is 8.40. The average Bonchev–Trinajstić information content (AvgIpc) is 3.25. The summed E-state index contributed by atoms with van der Waals surface area (Å²) in [4.78, 5) is 24.5. The van der Waals surface area contributed by atoms with Crippen molar-refractivity contribution in [2.45, 2.75) is 309 Å². The predicted octanol–water partition coefficient (Wildman–Crippen LogP) is 16.1. The van der Waals surface area contributed by atoms with E-state index in [0.29, 0.717) is 19.4 Å². The van der Waals surface area contributed by atoms with Crippen LogP contribution in [-0.4, -0.2) is 47.4 Å². The van der Waals surface area contributed by atoms with Crippen LogP contribution in [0.15, 0.2) is 12.2 Å². The van der Waals surface area contributed by atoms with Gasteiger partial charge in [-0.05, 0) is 32.1 Å². The van der Waals surface area contributed by atoms with Crippen molar-refractivity contribution < 1.29 is 24.5 Å². The number of rotatable bonds is 50. The summed E-state index contributed by atoms with van der Waals surface area (Å²) in [5.74, 6) is -0.0775. The third kappa shape index (κ3) is 46.1. The summed E-state index contributed by atoms with van der Waals surface area (Å²) < 4.78 is 5.47. The van der Waals surface area contributed by atoms with E-state index < -0.39 is 12.1 Å². The van der Waals surface area contributed by atoms with Crippen LogP contribution in [0.25, 0.3) is 0 Å². The van der Waals surface area contributed by atoms with Crippen LogP contribution in [0.4, 0.5) is 0 Å². The van der Waals surface area contributed by atoms with Gasteiger partial charge in [-0.15, -0.1) is 0 Å². The van der Waals surface area contributed by atoms with Crippen LogP contribution >= 0.6 is 0 Å². The Kier molecular flexibility index (Phi) is 49.1. The molecule has 6 heteroatoms. The highest BCUT2D eigenvalue weighted by Gasteiger charge is 2.18. The quantitative estimate of drug-likeness (QED) is 0.0322. The lowest BCUT2D eigenvalue weighted by Gasteiger charge is -2.20. The molecule has 0 fully saturated rings. The number of allylic oxidation sites excluding steroid dienone is 1. The van der Waals surface area contributed by atoms with Crippen molar-refractivity contribution >= 4 is 11.9 Å². The smallest absolute Gasteiger partial charge is 0.305 e. The van der Waals surface area contributed by atoms with Crippen molar-refractivity contribution in [3.63, 3.8) is 0 Å². The van der Waals surface area contributed by atoms with Gasteiger partial charge in [0.15, 0.2) is 0 Å². The van der Waals surface area contributed by atoms with Crippen molar-refractivity contribution in [3.05, 3.63) is 12.2 Å². The lowest BCUT2D eigenvalue weighted by Crippen LogP contribution is -2.45. The first-order chi connectivity index (χ1) is 29.5. The third-order valence-corrected chi connectivity index (χ3v) is 12.6. The lowest BCUT2D eigenvalue weighted by atomic mass is 10.0. The number of carbonyl (C=O) groups excluding carboxylic acids is 2. The Bertz CT molecular complexity index is 893. The van der Waals surface area contributed by atoms with Gasteiger partial charge in [-0.25, -0.2) is 0 Å². The van der Waals surface area contributed by atoms with Crippen LogP contribution < -0.4 is 5.32 Å². The van der Waals surface area contributed by atoms with E-state index in [-0.39, 0.29) is 18.5 Å². The number of ether oxygens (including phenoxy) is 1. The van der Waals surface area contributed by atoms with Crippen molar-refractivity contribution in [1.29, 1.82) is 0 Å². The van der Waals surface area contributed by atoms with Crippen LogP contribution in [0.2, 0.25) is 0 Å². The highest BCUT2D eigenvalue weighted by atomic mass is 16.5. The Morgan fingerprint density at radius 3 is 1.13 bits per heavy atom. The Morgan fingerprint density at radius 2 is 0.767 bits per heavy atom. The van der Waals surface area contributed by atoms with Crippen LogP contribution in [0.1, 0.15) is 296 Å². The van der Waals surface area contributed by atoms with E-state index in [1.165, 1.54) is 212 Å². The normalized spacial score (nSPS) is 12.7. The zero-order chi connectivity index (χ0) is 43.7. The van der Waals surface area contributed by atoms with Gasteiger partial charge in [-0.3, -0.25) is 9.59 Å². The second-order valence-corrected chi connectivity index (χ2v) is 18.6. The zero-order valence-corrected chi connectivity index (χ0v) is 40.5. The van der Waals surface area contributed by atoms with Gasteiger partial charge in [0.1, 0.15) is 0 Å². The second kappa shape index (κ2) is 50.2. The summed E-state index contributed by atoms with van der Waals surface area (Å²) in [5, 5.41) is 23.0. The van der Waals surface area contributed by atoms with Gasteiger partial charge in [0.25, 0.3) is 0 Å². The Labute approximate surface area is 374 Å². The van der Waals surface area contributed by atoms with E-state index in [1.807, 2.05) is 6.08 Å². The topological polar surface area (TPSA) is 95.9 Å². The van der Waals surface area contributed by atoms with Gasteiger partial charge in [0.2, 0.25) is 5.91 Å². The second-order valence-electron chi connectivity index (χ2n) is 18.6. The molecule has 0 bridgehead atoms. The monoisotopic (exact) mass is 848 g/mol. The Morgan fingerprint density at radius 1 is 0.450 bits per heavy atom. The van der Waals surface area contributed by atoms with Crippen LogP contribution in [0, 0.1) is 0 Å². The molecule has 0 saturated heterocycles.